The third kappa shape index (κ3) is 4.55. The van der Waals surface area contributed by atoms with Gasteiger partial charge in [0.2, 0.25) is 0 Å². The van der Waals surface area contributed by atoms with E-state index in [0.29, 0.717) is 17.7 Å². The largest absolute Gasteiger partial charge is 0.361 e. The molecule has 0 atom stereocenters. The number of hydrogen-bond acceptors (Lipinski definition) is 5. The van der Waals surface area contributed by atoms with Crippen molar-refractivity contribution in [1.29, 1.82) is 0 Å². The Kier molecular flexibility index (Phi) is 6.14. The lowest BCUT2D eigenvalue weighted by Gasteiger charge is -2.12. The highest BCUT2D eigenvalue weighted by Gasteiger charge is 2.31. The van der Waals surface area contributed by atoms with Crippen molar-refractivity contribution in [3.8, 4) is 0 Å². The van der Waals surface area contributed by atoms with Crippen LogP contribution in [0.4, 0.5) is 11.4 Å². The van der Waals surface area contributed by atoms with E-state index in [1.807, 2.05) is 31.2 Å². The number of carbonyl (C=O) groups is 1. The van der Waals surface area contributed by atoms with Crippen molar-refractivity contribution in [1.82, 2.24) is 0 Å². The minimum atomic E-state index is -4.38. The maximum absolute atomic E-state index is 13.0. The van der Waals surface area contributed by atoms with Crippen LogP contribution in [0.1, 0.15) is 32.3 Å². The smallest absolute Gasteiger partial charge is 0.294 e. The van der Waals surface area contributed by atoms with Gasteiger partial charge in [-0.25, -0.2) is 0 Å². The van der Waals surface area contributed by atoms with Crippen molar-refractivity contribution in [2.75, 3.05) is 10.3 Å². The molecule has 1 aliphatic rings. The number of para-hydroxylation sites is 1. The second kappa shape index (κ2) is 8.59. The molecule has 2 aromatic carbocycles. The van der Waals surface area contributed by atoms with Gasteiger partial charge in [-0.1, -0.05) is 44.5 Å². The van der Waals surface area contributed by atoms with Crippen LogP contribution in [-0.4, -0.2) is 24.6 Å². The van der Waals surface area contributed by atoms with Crippen LogP contribution in [0.2, 0.25) is 0 Å². The maximum Gasteiger partial charge on any atom is 0.294 e. The Labute approximate surface area is 170 Å². The molecule has 29 heavy (non-hydrogen) atoms. The van der Waals surface area contributed by atoms with Crippen molar-refractivity contribution in [3.05, 3.63) is 65.9 Å². The monoisotopic (exact) mass is 413 g/mol. The van der Waals surface area contributed by atoms with E-state index in [-0.39, 0.29) is 16.5 Å². The summed E-state index contributed by atoms with van der Waals surface area (Å²) < 4.78 is 32.1. The van der Waals surface area contributed by atoms with Crippen LogP contribution >= 0.6 is 0 Å². The molecule has 1 heterocycles. The first-order chi connectivity index (χ1) is 13.8. The predicted molar refractivity (Wildman–Crippen MR) is 114 cm³/mol. The van der Waals surface area contributed by atoms with Crippen molar-refractivity contribution in [2.45, 2.75) is 38.0 Å². The molecule has 152 valence electrons. The molecular weight excluding hydrogens is 390 g/mol. The molecule has 0 bridgehead atoms. The topological polar surface area (TPSA) is 99.1 Å². The third-order valence-corrected chi connectivity index (χ3v) is 5.42. The number of aryl methyl sites for hydroxylation is 1. The number of benzene rings is 2. The second-order valence-electron chi connectivity index (χ2n) is 6.60. The zero-order valence-electron chi connectivity index (χ0n) is 16.3. The SMILES string of the molecule is CCCC1=NN(c2cccc(S(=O)(=O)O)c2)C(=O)/C1=C/Nc1ccccc1CC. The molecule has 1 aliphatic heterocycles. The Morgan fingerprint density at radius 2 is 1.90 bits per heavy atom. The first-order valence-electron chi connectivity index (χ1n) is 9.39. The van der Waals surface area contributed by atoms with Gasteiger partial charge in [0, 0.05) is 11.9 Å². The van der Waals surface area contributed by atoms with Gasteiger partial charge in [0.05, 0.1) is 21.9 Å². The zero-order valence-corrected chi connectivity index (χ0v) is 17.1. The van der Waals surface area contributed by atoms with E-state index >= 15 is 0 Å². The first kappa shape index (κ1) is 20.8. The van der Waals surface area contributed by atoms with Gasteiger partial charge < -0.3 is 5.32 Å². The van der Waals surface area contributed by atoms with Crippen molar-refractivity contribution in [3.63, 3.8) is 0 Å². The molecule has 0 saturated heterocycles. The number of hydrogen-bond donors (Lipinski definition) is 2. The summed E-state index contributed by atoms with van der Waals surface area (Å²) in [7, 11) is -4.38. The number of hydrazone groups is 1. The van der Waals surface area contributed by atoms with Gasteiger partial charge >= 0.3 is 0 Å². The summed E-state index contributed by atoms with van der Waals surface area (Å²) in [4.78, 5) is 12.7. The molecule has 7 nitrogen and oxygen atoms in total. The number of nitrogens with zero attached hydrogens (tertiary/aromatic N) is 2. The Morgan fingerprint density at radius 3 is 2.59 bits per heavy atom. The second-order valence-corrected chi connectivity index (χ2v) is 8.02. The molecule has 2 aromatic rings. The average Bonchev–Trinajstić information content (AvgIpc) is 3.01. The summed E-state index contributed by atoms with van der Waals surface area (Å²) in [6, 6.07) is 13.4. The summed E-state index contributed by atoms with van der Waals surface area (Å²) in [5, 5.41) is 8.78. The Balaban J connectivity index is 1.95. The number of carbonyl (C=O) groups excluding carboxylic acids is 1. The Hall–Kier alpha value is -2.97. The molecule has 2 N–H and O–H groups in total. The number of anilines is 2. The van der Waals surface area contributed by atoms with E-state index in [1.54, 1.807) is 12.3 Å². The zero-order chi connectivity index (χ0) is 21.0. The summed E-state index contributed by atoms with van der Waals surface area (Å²) in [6.07, 6.45) is 3.90. The van der Waals surface area contributed by atoms with Crippen LogP contribution in [0.3, 0.4) is 0 Å². The van der Waals surface area contributed by atoms with E-state index in [0.717, 1.165) is 24.1 Å². The van der Waals surface area contributed by atoms with Gasteiger partial charge in [-0.15, -0.1) is 0 Å². The summed E-state index contributed by atoms with van der Waals surface area (Å²) in [5.74, 6) is -0.359. The molecule has 0 spiro atoms. The highest BCUT2D eigenvalue weighted by Crippen LogP contribution is 2.27. The molecule has 0 radical (unpaired) electrons. The molecule has 8 heteroatoms. The number of rotatable bonds is 7. The van der Waals surface area contributed by atoms with Crippen LogP contribution in [0.25, 0.3) is 0 Å². The predicted octanol–water partition coefficient (Wildman–Crippen LogP) is 3.99. The lowest BCUT2D eigenvalue weighted by molar-refractivity contribution is -0.114. The Bertz CT molecular complexity index is 1090. The third-order valence-electron chi connectivity index (χ3n) is 4.57. The van der Waals surface area contributed by atoms with E-state index in [1.165, 1.54) is 23.2 Å². The minimum absolute atomic E-state index is 0.274. The molecule has 0 aromatic heterocycles. The van der Waals surface area contributed by atoms with E-state index in [9.17, 15) is 17.8 Å². The number of amides is 1. The lowest BCUT2D eigenvalue weighted by Crippen LogP contribution is -2.22. The van der Waals surface area contributed by atoms with Gasteiger partial charge in [0.25, 0.3) is 16.0 Å². The highest BCUT2D eigenvalue weighted by molar-refractivity contribution is 7.85. The quantitative estimate of drug-likeness (QED) is 0.528. The van der Waals surface area contributed by atoms with Crippen LogP contribution in [-0.2, 0) is 21.3 Å². The lowest BCUT2D eigenvalue weighted by atomic mass is 10.1. The fourth-order valence-electron chi connectivity index (χ4n) is 3.09. The number of nitrogens with one attached hydrogen (secondary N) is 1. The van der Waals surface area contributed by atoms with Crippen molar-refractivity contribution >= 4 is 33.1 Å². The molecule has 0 saturated carbocycles. The molecular formula is C21H23N3O4S. The molecule has 0 unspecified atom stereocenters. The van der Waals surface area contributed by atoms with Crippen LogP contribution in [0.5, 0.6) is 0 Å². The van der Waals surface area contributed by atoms with E-state index in [4.69, 9.17) is 0 Å². The molecule has 1 amide bonds. The fraction of sp³-hybridized carbons (Fsp3) is 0.238. The van der Waals surface area contributed by atoms with Gasteiger partial charge in [0.15, 0.2) is 0 Å². The van der Waals surface area contributed by atoms with Gasteiger partial charge in [-0.2, -0.15) is 18.5 Å². The first-order valence-corrected chi connectivity index (χ1v) is 10.8. The van der Waals surface area contributed by atoms with Gasteiger partial charge in [-0.05, 0) is 42.7 Å². The summed E-state index contributed by atoms with van der Waals surface area (Å²) >= 11 is 0. The molecule has 0 aliphatic carbocycles. The van der Waals surface area contributed by atoms with Crippen LogP contribution in [0, 0.1) is 0 Å². The van der Waals surface area contributed by atoms with Crippen molar-refractivity contribution in [2.24, 2.45) is 5.10 Å². The van der Waals surface area contributed by atoms with E-state index < -0.39 is 10.1 Å². The molecule has 0 fully saturated rings. The summed E-state index contributed by atoms with van der Waals surface area (Å²) in [6.45, 7) is 4.05. The minimum Gasteiger partial charge on any atom is -0.361 e. The van der Waals surface area contributed by atoms with Crippen molar-refractivity contribution < 1.29 is 17.8 Å². The van der Waals surface area contributed by atoms with E-state index in [2.05, 4.69) is 17.3 Å². The Morgan fingerprint density at radius 1 is 1.14 bits per heavy atom. The average molecular weight is 413 g/mol. The highest BCUT2D eigenvalue weighted by atomic mass is 32.2. The standard InChI is InChI=1S/C21H23N3O4S/c1-3-8-20-18(14-22-19-12-6-5-9-15(19)4-2)21(25)24(23-20)16-10-7-11-17(13-16)29(26,27)28/h5-7,9-14,22H,3-4,8H2,1-2H3,(H,26,27,28)/b18-14+. The fourth-order valence-corrected chi connectivity index (χ4v) is 3.61. The maximum atomic E-state index is 13.0. The normalized spacial score (nSPS) is 15.7. The van der Waals surface area contributed by atoms with Crippen LogP contribution in [0.15, 0.2) is 70.3 Å². The van der Waals surface area contributed by atoms with Gasteiger partial charge in [0.1, 0.15) is 0 Å². The molecule has 3 rings (SSSR count). The van der Waals surface area contributed by atoms with Gasteiger partial charge in [-0.3, -0.25) is 9.35 Å². The summed E-state index contributed by atoms with van der Waals surface area (Å²) in [5.41, 5.74) is 3.36. The van der Waals surface area contributed by atoms with Crippen LogP contribution < -0.4 is 10.3 Å².